The summed E-state index contributed by atoms with van der Waals surface area (Å²) >= 11 is 0. The molecule has 4 N–H and O–H groups in total. The maximum Gasteiger partial charge on any atom is 0.475 e. The van der Waals surface area contributed by atoms with Gasteiger partial charge in [-0.2, -0.15) is 4.31 Å². The first-order valence-corrected chi connectivity index (χ1v) is 16.1. The molecule has 3 saturated heterocycles. The Bertz CT molecular complexity index is 1610. The van der Waals surface area contributed by atoms with Crippen LogP contribution in [0.25, 0.3) is 11.2 Å². The molecule has 3 aliphatic rings. The molecular formula is C24H31N6O10PS. The molecule has 228 valence electrons. The van der Waals surface area contributed by atoms with Crippen molar-refractivity contribution in [2.45, 2.75) is 48.4 Å². The van der Waals surface area contributed by atoms with Crippen LogP contribution in [-0.4, -0.2) is 99.8 Å². The van der Waals surface area contributed by atoms with E-state index >= 15 is 0 Å². The van der Waals surface area contributed by atoms with Crippen LogP contribution >= 0.6 is 7.82 Å². The molecule has 18 heteroatoms. The van der Waals surface area contributed by atoms with Crippen LogP contribution in [-0.2, 0) is 37.6 Å². The number of benzene rings is 1. The molecule has 42 heavy (non-hydrogen) atoms. The third kappa shape index (κ3) is 5.34. The summed E-state index contributed by atoms with van der Waals surface area (Å²) < 4.78 is 70.3. The predicted octanol–water partition coefficient (Wildman–Crippen LogP) is 0.742. The van der Waals surface area contributed by atoms with E-state index in [2.05, 4.69) is 15.0 Å². The van der Waals surface area contributed by atoms with Crippen LogP contribution in [0.4, 0.5) is 5.82 Å². The molecule has 6 rings (SSSR count). The lowest BCUT2D eigenvalue weighted by Gasteiger charge is -2.30. The molecule has 5 heterocycles. The van der Waals surface area contributed by atoms with Gasteiger partial charge in [0.15, 0.2) is 17.7 Å². The third-order valence-corrected chi connectivity index (χ3v) is 10.9. The number of nitrogens with zero attached hydrogens (tertiary/aromatic N) is 5. The van der Waals surface area contributed by atoms with Gasteiger partial charge in [0.2, 0.25) is 10.0 Å². The molecule has 2 aromatic heterocycles. The van der Waals surface area contributed by atoms with Gasteiger partial charge in [0.25, 0.3) is 0 Å². The molecule has 0 bridgehead atoms. The van der Waals surface area contributed by atoms with Gasteiger partial charge >= 0.3 is 7.82 Å². The van der Waals surface area contributed by atoms with E-state index in [-0.39, 0.29) is 36.1 Å². The number of phosphoric ester groups is 1. The summed E-state index contributed by atoms with van der Waals surface area (Å²) in [6, 6.07) is 6.25. The zero-order chi connectivity index (χ0) is 29.7. The van der Waals surface area contributed by atoms with E-state index in [4.69, 9.17) is 28.8 Å². The highest BCUT2D eigenvalue weighted by atomic mass is 32.2. The summed E-state index contributed by atoms with van der Waals surface area (Å²) in [4.78, 5) is 12.3. The largest absolute Gasteiger partial charge is 0.475 e. The van der Waals surface area contributed by atoms with Gasteiger partial charge in [-0.3, -0.25) is 18.1 Å². The van der Waals surface area contributed by atoms with Crippen molar-refractivity contribution in [2.75, 3.05) is 45.3 Å². The molecule has 0 saturated carbocycles. The highest BCUT2D eigenvalue weighted by molar-refractivity contribution is 7.89. The van der Waals surface area contributed by atoms with E-state index in [0.29, 0.717) is 30.7 Å². The summed E-state index contributed by atoms with van der Waals surface area (Å²) in [5.41, 5.74) is 5.11. The molecule has 1 aromatic carbocycles. The van der Waals surface area contributed by atoms with E-state index in [1.165, 1.54) is 40.6 Å². The number of aliphatic hydroxyl groups is 2. The number of hydrogen-bond acceptors (Lipinski definition) is 14. The highest BCUT2D eigenvalue weighted by Gasteiger charge is 2.54. The number of ether oxygens (including phenoxy) is 2. The van der Waals surface area contributed by atoms with Gasteiger partial charge in [-0.25, -0.2) is 27.9 Å². The Kier molecular flexibility index (Phi) is 7.84. The van der Waals surface area contributed by atoms with Crippen molar-refractivity contribution in [1.29, 1.82) is 0 Å². The van der Waals surface area contributed by atoms with Crippen LogP contribution in [0.5, 0.6) is 0 Å². The molecule has 3 unspecified atom stereocenters. The van der Waals surface area contributed by atoms with Crippen molar-refractivity contribution < 1.29 is 46.2 Å². The van der Waals surface area contributed by atoms with Crippen molar-refractivity contribution in [3.8, 4) is 0 Å². The van der Waals surface area contributed by atoms with Crippen LogP contribution in [0.3, 0.4) is 0 Å². The highest BCUT2D eigenvalue weighted by Crippen LogP contribution is 2.57. The number of hydrogen-bond donors (Lipinski definition) is 3. The molecule has 0 aliphatic carbocycles. The lowest BCUT2D eigenvalue weighted by atomic mass is 9.96. The smallest absolute Gasteiger partial charge is 0.387 e. The second-order valence-corrected chi connectivity index (χ2v) is 13.9. The third-order valence-electron chi connectivity index (χ3n) is 7.51. The van der Waals surface area contributed by atoms with E-state index in [1.807, 2.05) is 0 Å². The molecule has 6 atom stereocenters. The van der Waals surface area contributed by atoms with Crippen molar-refractivity contribution in [3.63, 3.8) is 0 Å². The second kappa shape index (κ2) is 11.2. The molecule has 3 fully saturated rings. The number of imidazole rings is 1. The Labute approximate surface area is 241 Å². The van der Waals surface area contributed by atoms with Gasteiger partial charge in [0, 0.05) is 19.5 Å². The zero-order valence-corrected chi connectivity index (χ0v) is 24.3. The zero-order valence-electron chi connectivity index (χ0n) is 22.6. The fourth-order valence-electron chi connectivity index (χ4n) is 5.20. The van der Waals surface area contributed by atoms with Gasteiger partial charge in [-0.15, -0.1) is 0 Å². The minimum absolute atomic E-state index is 0.0129. The Morgan fingerprint density at radius 3 is 2.79 bits per heavy atom. The lowest BCUT2D eigenvalue weighted by Crippen LogP contribution is -2.44. The van der Waals surface area contributed by atoms with Crippen molar-refractivity contribution in [2.24, 2.45) is 0 Å². The lowest BCUT2D eigenvalue weighted by molar-refractivity contribution is -0.0953. The number of sulfonamides is 1. The Hall–Kier alpha value is -2.57. The maximum absolute atomic E-state index is 13.4. The number of morpholine rings is 1. The van der Waals surface area contributed by atoms with E-state index in [9.17, 15) is 23.2 Å². The molecule has 16 nitrogen and oxygen atoms in total. The fraction of sp³-hybridized carbons (Fsp3) is 0.542. The van der Waals surface area contributed by atoms with Crippen LogP contribution < -0.4 is 5.73 Å². The molecule has 3 aliphatic heterocycles. The van der Waals surface area contributed by atoms with E-state index in [0.717, 1.165) is 0 Å². The van der Waals surface area contributed by atoms with Crippen molar-refractivity contribution >= 4 is 34.8 Å². The van der Waals surface area contributed by atoms with Crippen LogP contribution in [0.15, 0.2) is 41.8 Å². The topological polar surface area (TPSA) is 211 Å². The van der Waals surface area contributed by atoms with E-state index < -0.39 is 54.6 Å². The Balaban J connectivity index is 1.15. The van der Waals surface area contributed by atoms with Crippen molar-refractivity contribution in [3.05, 3.63) is 42.5 Å². The fourth-order valence-corrected chi connectivity index (χ4v) is 8.06. The molecule has 0 spiro atoms. The summed E-state index contributed by atoms with van der Waals surface area (Å²) in [6.45, 7) is 2.09. The van der Waals surface area contributed by atoms with Gasteiger partial charge in [0.05, 0.1) is 43.8 Å². The number of nitrogen functional groups attached to an aromatic ring is 1. The number of aromatic nitrogens is 4. The maximum atomic E-state index is 13.4. The summed E-state index contributed by atoms with van der Waals surface area (Å²) in [5, 5.41) is 22.0. The first-order valence-electron chi connectivity index (χ1n) is 13.2. The Morgan fingerprint density at radius 1 is 1.21 bits per heavy atom. The second-order valence-electron chi connectivity index (χ2n) is 10.3. The average Bonchev–Trinajstić information content (AvgIpc) is 3.51. The van der Waals surface area contributed by atoms with E-state index in [1.54, 1.807) is 12.1 Å². The minimum atomic E-state index is -4.17. The Morgan fingerprint density at radius 2 is 2.00 bits per heavy atom. The number of anilines is 1. The molecular weight excluding hydrogens is 595 g/mol. The minimum Gasteiger partial charge on any atom is -0.387 e. The normalized spacial score (nSPS) is 32.8. The van der Waals surface area contributed by atoms with Gasteiger partial charge in [0.1, 0.15) is 29.7 Å². The summed E-state index contributed by atoms with van der Waals surface area (Å²) in [5.74, 6) is 0.139. The first kappa shape index (κ1) is 29.5. The molecule has 0 radical (unpaired) electrons. The van der Waals surface area contributed by atoms with Crippen LogP contribution in [0.1, 0.15) is 31.2 Å². The van der Waals surface area contributed by atoms with Crippen molar-refractivity contribution in [1.82, 2.24) is 23.8 Å². The summed E-state index contributed by atoms with van der Waals surface area (Å²) in [6.07, 6.45) is -1.62. The van der Waals surface area contributed by atoms with Gasteiger partial charge in [-0.05, 0) is 24.6 Å². The standard InChI is InChI=1S/C24H31N6O10PS/c1-24(32)20(31)18(39-23(24)30-14-28-19-21(25)26-13-27-22(19)30)12-38-41(33)37-8-5-17(40-41)15-3-2-4-16(11-15)42(34,35)29-6-9-36-10-7-29/h2-4,11,13-14,17-18,20,23,31-32H,5-10,12H2,1H3,(H2,25,26,27)/t17?,18?,20-,23-,24-,41?/m1/s1. The number of aliphatic hydroxyl groups excluding tert-OH is 1. The summed E-state index contributed by atoms with van der Waals surface area (Å²) in [7, 11) is -7.92. The van der Waals surface area contributed by atoms with Gasteiger partial charge < -0.3 is 25.4 Å². The number of phosphoric acid groups is 1. The quantitative estimate of drug-likeness (QED) is 0.309. The van der Waals surface area contributed by atoms with Gasteiger partial charge in [-0.1, -0.05) is 12.1 Å². The van der Waals surface area contributed by atoms with Crippen LogP contribution in [0.2, 0.25) is 0 Å². The molecule has 3 aromatic rings. The monoisotopic (exact) mass is 626 g/mol. The molecule has 0 amide bonds. The average molecular weight is 627 g/mol. The SMILES string of the molecule is C[C@@]1(O)[C@H](O)C(COP2(=O)OCCC(c3cccc(S(=O)(=O)N4CCOCC4)c3)O2)O[C@H]1n1cnc2c(N)ncnc21. The number of rotatable bonds is 7. The number of nitrogens with two attached hydrogens (primary N) is 1. The predicted molar refractivity (Wildman–Crippen MR) is 144 cm³/mol. The number of fused-ring (bicyclic) bond motifs is 1. The first-order chi connectivity index (χ1) is 20.0. The van der Waals surface area contributed by atoms with Crippen LogP contribution in [0, 0.1) is 0 Å².